The number of benzene rings is 1. The normalized spacial score (nSPS) is 15.6. The molecule has 1 aromatic rings. The molecule has 0 radical (unpaired) electrons. The minimum absolute atomic E-state index is 0.485. The van der Waals surface area contributed by atoms with Gasteiger partial charge in [-0.15, -0.1) is 0 Å². The summed E-state index contributed by atoms with van der Waals surface area (Å²) in [5.74, 6) is 2.27. The largest absolute Gasteiger partial charge is 0.496 e. The third-order valence-corrected chi connectivity index (χ3v) is 3.67. The van der Waals surface area contributed by atoms with E-state index in [9.17, 15) is 0 Å². The first-order chi connectivity index (χ1) is 8.61. The van der Waals surface area contributed by atoms with Crippen molar-refractivity contribution >= 4 is 5.69 Å². The highest BCUT2D eigenvalue weighted by Gasteiger charge is 2.19. The molecule has 0 aliphatic carbocycles. The number of nitrogens with one attached hydrogen (secondary N) is 1. The molecule has 18 heavy (non-hydrogen) atoms. The van der Waals surface area contributed by atoms with Gasteiger partial charge in [-0.2, -0.15) is 0 Å². The van der Waals surface area contributed by atoms with Crippen LogP contribution in [0.3, 0.4) is 0 Å². The summed E-state index contributed by atoms with van der Waals surface area (Å²) in [6.07, 6.45) is 0. The van der Waals surface area contributed by atoms with E-state index in [0.717, 1.165) is 31.3 Å². The van der Waals surface area contributed by atoms with Gasteiger partial charge in [0.15, 0.2) is 0 Å². The predicted molar refractivity (Wildman–Crippen MR) is 76.7 cm³/mol. The molecule has 0 saturated carbocycles. The molecule has 1 N–H and O–H groups in total. The molecule has 1 heterocycles. The van der Waals surface area contributed by atoms with Crippen molar-refractivity contribution in [1.82, 2.24) is 5.32 Å². The zero-order valence-electron chi connectivity index (χ0n) is 11.9. The second-order valence-corrected chi connectivity index (χ2v) is 5.49. The average Bonchev–Trinajstić information content (AvgIpc) is 2.32. The van der Waals surface area contributed by atoms with Crippen LogP contribution in [0.1, 0.15) is 25.3 Å². The van der Waals surface area contributed by atoms with Crippen molar-refractivity contribution in [3.63, 3.8) is 0 Å². The van der Waals surface area contributed by atoms with Crippen LogP contribution >= 0.6 is 0 Å². The van der Waals surface area contributed by atoms with E-state index < -0.39 is 0 Å². The standard InChI is InChI=1S/C15H24N2O/c1-11(2)14-7-13(5-6-15(14)18-4)17(3)10-12-8-16-9-12/h5-7,11-12,16H,8-10H2,1-4H3. The molecule has 0 bridgehead atoms. The molecule has 1 saturated heterocycles. The summed E-state index contributed by atoms with van der Waals surface area (Å²) in [6, 6.07) is 6.49. The Morgan fingerprint density at radius 3 is 2.61 bits per heavy atom. The highest BCUT2D eigenvalue weighted by Crippen LogP contribution is 2.30. The predicted octanol–water partition coefficient (Wildman–Crippen LogP) is 2.47. The van der Waals surface area contributed by atoms with Crippen molar-refractivity contribution in [2.24, 2.45) is 5.92 Å². The fraction of sp³-hybridized carbons (Fsp3) is 0.600. The van der Waals surface area contributed by atoms with Crippen LogP contribution in [0.4, 0.5) is 5.69 Å². The highest BCUT2D eigenvalue weighted by atomic mass is 16.5. The monoisotopic (exact) mass is 248 g/mol. The maximum Gasteiger partial charge on any atom is 0.122 e. The van der Waals surface area contributed by atoms with Crippen molar-refractivity contribution < 1.29 is 4.74 Å². The number of anilines is 1. The van der Waals surface area contributed by atoms with Crippen LogP contribution in [0.2, 0.25) is 0 Å². The van der Waals surface area contributed by atoms with Gasteiger partial charge >= 0.3 is 0 Å². The quantitative estimate of drug-likeness (QED) is 0.866. The van der Waals surface area contributed by atoms with Gasteiger partial charge in [0.2, 0.25) is 0 Å². The van der Waals surface area contributed by atoms with Gasteiger partial charge in [-0.25, -0.2) is 0 Å². The van der Waals surface area contributed by atoms with E-state index in [0.29, 0.717) is 5.92 Å². The molecule has 1 fully saturated rings. The van der Waals surface area contributed by atoms with Crippen LogP contribution in [0.5, 0.6) is 5.75 Å². The topological polar surface area (TPSA) is 24.5 Å². The lowest BCUT2D eigenvalue weighted by Crippen LogP contribution is -2.47. The van der Waals surface area contributed by atoms with Crippen molar-refractivity contribution in [2.75, 3.05) is 38.7 Å². The van der Waals surface area contributed by atoms with Crippen LogP contribution in [-0.2, 0) is 0 Å². The molecular weight excluding hydrogens is 224 g/mol. The van der Waals surface area contributed by atoms with E-state index >= 15 is 0 Å². The van der Waals surface area contributed by atoms with Gasteiger partial charge in [0.25, 0.3) is 0 Å². The van der Waals surface area contributed by atoms with Crippen LogP contribution in [0.25, 0.3) is 0 Å². The Labute approximate surface area is 110 Å². The number of hydrogen-bond acceptors (Lipinski definition) is 3. The summed E-state index contributed by atoms with van der Waals surface area (Å²) in [7, 11) is 3.91. The Bertz CT molecular complexity index is 399. The van der Waals surface area contributed by atoms with Gasteiger partial charge in [0, 0.05) is 38.3 Å². The van der Waals surface area contributed by atoms with Crippen LogP contribution < -0.4 is 15.0 Å². The lowest BCUT2D eigenvalue weighted by atomic mass is 10.00. The maximum absolute atomic E-state index is 5.43. The molecule has 1 aliphatic rings. The number of ether oxygens (including phenoxy) is 1. The van der Waals surface area contributed by atoms with Gasteiger partial charge in [-0.05, 0) is 29.7 Å². The fourth-order valence-electron chi connectivity index (χ4n) is 2.38. The molecule has 3 nitrogen and oxygen atoms in total. The molecule has 0 amide bonds. The Morgan fingerprint density at radius 2 is 2.11 bits per heavy atom. The highest BCUT2D eigenvalue weighted by molar-refractivity contribution is 5.53. The summed E-state index contributed by atoms with van der Waals surface area (Å²) in [5.41, 5.74) is 2.57. The van der Waals surface area contributed by atoms with E-state index in [1.54, 1.807) is 7.11 Å². The smallest absolute Gasteiger partial charge is 0.122 e. The summed E-state index contributed by atoms with van der Waals surface area (Å²) >= 11 is 0. The Morgan fingerprint density at radius 1 is 1.39 bits per heavy atom. The van der Waals surface area contributed by atoms with E-state index in [2.05, 4.69) is 49.3 Å². The van der Waals surface area contributed by atoms with E-state index in [4.69, 9.17) is 4.74 Å². The van der Waals surface area contributed by atoms with Crippen molar-refractivity contribution in [2.45, 2.75) is 19.8 Å². The van der Waals surface area contributed by atoms with Crippen LogP contribution in [-0.4, -0.2) is 33.8 Å². The van der Waals surface area contributed by atoms with Gasteiger partial charge in [-0.3, -0.25) is 0 Å². The minimum Gasteiger partial charge on any atom is -0.496 e. The number of hydrogen-bond donors (Lipinski definition) is 1. The molecule has 0 spiro atoms. The second-order valence-electron chi connectivity index (χ2n) is 5.49. The van der Waals surface area contributed by atoms with E-state index in [-0.39, 0.29) is 0 Å². The first-order valence-electron chi connectivity index (χ1n) is 6.71. The average molecular weight is 248 g/mol. The summed E-state index contributed by atoms with van der Waals surface area (Å²) < 4.78 is 5.43. The van der Waals surface area contributed by atoms with Gasteiger partial charge in [0.05, 0.1) is 7.11 Å². The van der Waals surface area contributed by atoms with Crippen molar-refractivity contribution in [3.8, 4) is 5.75 Å². The first-order valence-corrected chi connectivity index (χ1v) is 6.71. The Balaban J connectivity index is 2.14. The number of rotatable bonds is 5. The zero-order chi connectivity index (χ0) is 13.1. The molecule has 100 valence electrons. The second kappa shape index (κ2) is 5.61. The Kier molecular flexibility index (Phi) is 4.12. The molecule has 1 aromatic carbocycles. The third kappa shape index (κ3) is 2.78. The first kappa shape index (κ1) is 13.2. The van der Waals surface area contributed by atoms with Gasteiger partial charge in [-0.1, -0.05) is 13.8 Å². The van der Waals surface area contributed by atoms with Crippen LogP contribution in [0, 0.1) is 5.92 Å². The summed E-state index contributed by atoms with van der Waals surface area (Å²) in [5, 5.41) is 3.32. The lowest BCUT2D eigenvalue weighted by molar-refractivity contribution is 0.353. The van der Waals surface area contributed by atoms with Gasteiger partial charge < -0.3 is 15.0 Å². The third-order valence-electron chi connectivity index (χ3n) is 3.67. The van der Waals surface area contributed by atoms with Crippen LogP contribution in [0.15, 0.2) is 18.2 Å². The van der Waals surface area contributed by atoms with Crippen molar-refractivity contribution in [1.29, 1.82) is 0 Å². The molecule has 3 heteroatoms. The number of nitrogens with zero attached hydrogens (tertiary/aromatic N) is 1. The van der Waals surface area contributed by atoms with Gasteiger partial charge in [0.1, 0.15) is 5.75 Å². The molecule has 0 aromatic heterocycles. The maximum atomic E-state index is 5.43. The van der Waals surface area contributed by atoms with Crippen molar-refractivity contribution in [3.05, 3.63) is 23.8 Å². The lowest BCUT2D eigenvalue weighted by Gasteiger charge is -2.32. The fourth-order valence-corrected chi connectivity index (χ4v) is 2.38. The summed E-state index contributed by atoms with van der Waals surface area (Å²) in [6.45, 7) is 7.83. The Hall–Kier alpha value is -1.22. The molecule has 1 aliphatic heterocycles. The molecule has 0 atom stereocenters. The minimum atomic E-state index is 0.485. The van der Waals surface area contributed by atoms with E-state index in [1.165, 1.54) is 11.3 Å². The molecule has 2 rings (SSSR count). The number of methoxy groups -OCH3 is 1. The molecular formula is C15H24N2O. The molecule has 0 unspecified atom stereocenters. The zero-order valence-corrected chi connectivity index (χ0v) is 11.9. The SMILES string of the molecule is COc1ccc(N(C)CC2CNC2)cc1C(C)C. The summed E-state index contributed by atoms with van der Waals surface area (Å²) in [4.78, 5) is 2.34. The van der Waals surface area contributed by atoms with E-state index in [1.807, 2.05) is 0 Å².